The molecule has 0 amide bonds. The molecule has 0 radical (unpaired) electrons. The Morgan fingerprint density at radius 3 is 2.56 bits per heavy atom. The molecule has 3 heterocycles. The summed E-state index contributed by atoms with van der Waals surface area (Å²) in [4.78, 5) is 20.0. The number of fused-ring (bicyclic) bond motifs is 3. The fourth-order valence-corrected chi connectivity index (χ4v) is 5.22. The van der Waals surface area contributed by atoms with Gasteiger partial charge in [-0.1, -0.05) is 45.0 Å². The monoisotopic (exact) mass is 532 g/mol. The Morgan fingerprint density at radius 2 is 1.87 bits per heavy atom. The van der Waals surface area contributed by atoms with E-state index in [4.69, 9.17) is 18.6 Å². The minimum absolute atomic E-state index is 0.0348. The molecule has 8 heteroatoms. The predicted octanol–water partition coefficient (Wildman–Crippen LogP) is 6.02. The second-order valence-electron chi connectivity index (χ2n) is 11.1. The van der Waals surface area contributed by atoms with Gasteiger partial charge in [-0.05, 0) is 30.9 Å². The zero-order valence-electron chi connectivity index (χ0n) is 23.2. The smallest absolute Gasteiger partial charge is 0.342 e. The van der Waals surface area contributed by atoms with E-state index in [1.165, 1.54) is 0 Å². The Kier molecular flexibility index (Phi) is 7.51. The fraction of sp³-hybridized carbons (Fsp3) is 0.419. The van der Waals surface area contributed by atoms with Crippen molar-refractivity contribution in [3.8, 4) is 11.6 Å². The van der Waals surface area contributed by atoms with Crippen molar-refractivity contribution < 1.29 is 28.5 Å². The van der Waals surface area contributed by atoms with Gasteiger partial charge in [0.25, 0.3) is 0 Å². The lowest BCUT2D eigenvalue weighted by Crippen LogP contribution is -2.39. The lowest BCUT2D eigenvalue weighted by atomic mass is 9.89. The number of rotatable bonds is 7. The first-order valence-corrected chi connectivity index (χ1v) is 13.4. The molecule has 8 nitrogen and oxygen atoms in total. The molecule has 206 valence electrons. The average molecular weight is 533 g/mol. The van der Waals surface area contributed by atoms with Crippen molar-refractivity contribution in [2.75, 3.05) is 39.5 Å². The number of aromatic hydroxyl groups is 1. The van der Waals surface area contributed by atoms with Crippen molar-refractivity contribution in [1.82, 2.24) is 9.88 Å². The Balaban J connectivity index is 1.80. The molecule has 2 aromatic heterocycles. The van der Waals surface area contributed by atoms with Gasteiger partial charge >= 0.3 is 5.97 Å². The molecule has 1 aliphatic rings. The van der Waals surface area contributed by atoms with Gasteiger partial charge < -0.3 is 23.7 Å². The lowest BCUT2D eigenvalue weighted by molar-refractivity contribution is 0.0237. The highest BCUT2D eigenvalue weighted by Crippen LogP contribution is 2.47. The summed E-state index contributed by atoms with van der Waals surface area (Å²) in [6.45, 7) is 13.0. The molecule has 1 fully saturated rings. The van der Waals surface area contributed by atoms with E-state index in [1.807, 2.05) is 36.4 Å². The second-order valence-corrected chi connectivity index (χ2v) is 11.1. The van der Waals surface area contributed by atoms with Gasteiger partial charge in [-0.25, -0.2) is 9.78 Å². The number of esters is 1. The summed E-state index contributed by atoms with van der Waals surface area (Å²) < 4.78 is 23.4. The van der Waals surface area contributed by atoms with Crippen LogP contribution < -0.4 is 4.74 Å². The van der Waals surface area contributed by atoms with Crippen molar-refractivity contribution >= 4 is 27.7 Å². The quantitative estimate of drug-likeness (QED) is 0.289. The molecule has 1 aliphatic heterocycles. The number of morpholine rings is 1. The minimum Gasteiger partial charge on any atom is -0.507 e. The van der Waals surface area contributed by atoms with E-state index < -0.39 is 12.0 Å². The standard InChI is InChI=1S/C31H36N2O6/c1-6-37-30(35)24-19(2)39-29-22-10-8-7-9-21(22)28(34)26(25(24)29)27(33-13-15-36-16-14-33)20-11-12-32-23(17-20)38-18-31(3,4)5/h7-12,17,27,34H,6,13-16,18H2,1-5H3. The lowest BCUT2D eigenvalue weighted by Gasteiger charge is -2.36. The van der Waals surface area contributed by atoms with Gasteiger partial charge in [0.15, 0.2) is 0 Å². The summed E-state index contributed by atoms with van der Waals surface area (Å²) in [7, 11) is 0. The number of benzene rings is 2. The van der Waals surface area contributed by atoms with Gasteiger partial charge in [-0.3, -0.25) is 4.90 Å². The number of hydrogen-bond acceptors (Lipinski definition) is 8. The van der Waals surface area contributed by atoms with Crippen LogP contribution in [0.1, 0.15) is 61.0 Å². The number of nitrogens with zero attached hydrogens (tertiary/aromatic N) is 2. The third kappa shape index (κ3) is 5.31. The summed E-state index contributed by atoms with van der Waals surface area (Å²) in [6, 6.07) is 11.0. The van der Waals surface area contributed by atoms with Crippen LogP contribution in [-0.2, 0) is 9.47 Å². The first kappa shape index (κ1) is 27.0. The highest BCUT2D eigenvalue weighted by atomic mass is 16.5. The van der Waals surface area contributed by atoms with Gasteiger partial charge in [0.1, 0.15) is 22.7 Å². The maximum Gasteiger partial charge on any atom is 0.342 e. The largest absolute Gasteiger partial charge is 0.507 e. The Bertz CT molecular complexity index is 1500. The van der Waals surface area contributed by atoms with Gasteiger partial charge in [-0.2, -0.15) is 0 Å². The number of pyridine rings is 1. The number of carbonyl (C=O) groups is 1. The number of phenolic OH excluding ortho intramolecular Hbond substituents is 1. The number of hydrogen-bond donors (Lipinski definition) is 1. The number of carbonyl (C=O) groups excluding carboxylic acids is 1. The molecule has 0 aliphatic carbocycles. The highest BCUT2D eigenvalue weighted by Gasteiger charge is 2.34. The van der Waals surface area contributed by atoms with Crippen molar-refractivity contribution in [2.45, 2.75) is 40.7 Å². The zero-order valence-corrected chi connectivity index (χ0v) is 23.2. The molecule has 1 N–H and O–H groups in total. The number of phenols is 1. The van der Waals surface area contributed by atoms with Crippen molar-refractivity contribution in [3.05, 3.63) is 65.0 Å². The van der Waals surface area contributed by atoms with E-state index in [-0.39, 0.29) is 17.8 Å². The van der Waals surface area contributed by atoms with E-state index in [0.29, 0.717) is 72.0 Å². The molecule has 0 saturated carbocycles. The van der Waals surface area contributed by atoms with Crippen LogP contribution in [0.3, 0.4) is 0 Å². The molecule has 0 bridgehead atoms. The number of furan rings is 1. The van der Waals surface area contributed by atoms with Crippen LogP contribution in [0.5, 0.6) is 11.6 Å². The third-order valence-corrected chi connectivity index (χ3v) is 6.93. The summed E-state index contributed by atoms with van der Waals surface area (Å²) in [6.07, 6.45) is 1.73. The molecule has 1 saturated heterocycles. The van der Waals surface area contributed by atoms with E-state index in [0.717, 1.165) is 10.9 Å². The van der Waals surface area contributed by atoms with Crippen LogP contribution in [-0.4, -0.2) is 60.5 Å². The highest BCUT2D eigenvalue weighted by molar-refractivity contribution is 6.16. The first-order chi connectivity index (χ1) is 18.7. The van der Waals surface area contributed by atoms with Crippen molar-refractivity contribution in [3.63, 3.8) is 0 Å². The molecular weight excluding hydrogens is 496 g/mol. The van der Waals surface area contributed by atoms with Crippen LogP contribution in [0.15, 0.2) is 47.0 Å². The first-order valence-electron chi connectivity index (χ1n) is 13.4. The SMILES string of the molecule is CCOC(=O)c1c(C)oc2c1c(C(c1ccnc(OCC(C)(C)C)c1)N1CCOCC1)c(O)c1ccccc12. The Labute approximate surface area is 228 Å². The number of aromatic nitrogens is 1. The number of aryl methyl sites for hydroxylation is 1. The van der Waals surface area contributed by atoms with Crippen LogP contribution >= 0.6 is 0 Å². The molecule has 39 heavy (non-hydrogen) atoms. The summed E-state index contributed by atoms with van der Waals surface area (Å²) in [5.74, 6) is 0.584. The third-order valence-electron chi connectivity index (χ3n) is 6.93. The summed E-state index contributed by atoms with van der Waals surface area (Å²) in [5, 5.41) is 13.9. The van der Waals surface area contributed by atoms with Crippen LogP contribution in [0.2, 0.25) is 0 Å². The predicted molar refractivity (Wildman–Crippen MR) is 150 cm³/mol. The molecule has 1 unspecified atom stereocenters. The molecular formula is C31H36N2O6. The van der Waals surface area contributed by atoms with E-state index in [9.17, 15) is 9.90 Å². The maximum absolute atomic E-state index is 13.3. The van der Waals surface area contributed by atoms with E-state index in [1.54, 1.807) is 20.0 Å². The molecule has 5 rings (SSSR count). The minimum atomic E-state index is -0.477. The van der Waals surface area contributed by atoms with Crippen LogP contribution in [0, 0.1) is 12.3 Å². The normalized spacial score (nSPS) is 15.5. The zero-order chi connectivity index (χ0) is 27.7. The van der Waals surface area contributed by atoms with E-state index in [2.05, 4.69) is 30.7 Å². The van der Waals surface area contributed by atoms with Crippen LogP contribution in [0.25, 0.3) is 21.7 Å². The molecule has 2 aromatic carbocycles. The molecule has 0 spiro atoms. The number of ether oxygens (including phenoxy) is 3. The van der Waals surface area contributed by atoms with Gasteiger partial charge in [-0.15, -0.1) is 0 Å². The van der Waals surface area contributed by atoms with E-state index >= 15 is 0 Å². The topological polar surface area (TPSA) is 94.3 Å². The summed E-state index contributed by atoms with van der Waals surface area (Å²) >= 11 is 0. The Morgan fingerprint density at radius 1 is 1.15 bits per heavy atom. The second kappa shape index (κ2) is 10.9. The van der Waals surface area contributed by atoms with Gasteiger partial charge in [0, 0.05) is 47.1 Å². The maximum atomic E-state index is 13.3. The molecule has 1 atom stereocenters. The Hall–Kier alpha value is -3.62. The van der Waals surface area contributed by atoms with Crippen molar-refractivity contribution in [2.24, 2.45) is 5.41 Å². The average Bonchev–Trinajstić information content (AvgIpc) is 3.27. The van der Waals surface area contributed by atoms with Crippen molar-refractivity contribution in [1.29, 1.82) is 0 Å². The fourth-order valence-electron chi connectivity index (χ4n) is 5.22. The van der Waals surface area contributed by atoms with Gasteiger partial charge in [0.05, 0.1) is 32.5 Å². The molecule has 4 aromatic rings. The van der Waals surface area contributed by atoms with Gasteiger partial charge in [0.2, 0.25) is 5.88 Å². The van der Waals surface area contributed by atoms with Crippen LogP contribution in [0.4, 0.5) is 0 Å². The summed E-state index contributed by atoms with van der Waals surface area (Å²) in [5.41, 5.74) is 2.33.